The predicted molar refractivity (Wildman–Crippen MR) is 88.6 cm³/mol. The number of rotatable bonds is 7. The van der Waals surface area contributed by atoms with Gasteiger partial charge < -0.3 is 15.5 Å². The second-order valence-electron chi connectivity index (χ2n) is 5.10. The standard InChI is InChI=1S/C15H26N6O/c1-6-8-16-15(18-10-14(22)20(3)4)17-9-12-11-21(5)19-13(12)7-2/h6,11H,1,7-10H2,2-5H3,(H2,16,17,18). The fourth-order valence-electron chi connectivity index (χ4n) is 1.84. The maximum Gasteiger partial charge on any atom is 0.241 e. The second-order valence-corrected chi connectivity index (χ2v) is 5.10. The van der Waals surface area contributed by atoms with E-state index in [0.29, 0.717) is 19.0 Å². The third-order valence-corrected chi connectivity index (χ3v) is 3.05. The van der Waals surface area contributed by atoms with Crippen LogP contribution in [-0.4, -0.2) is 53.7 Å². The molecule has 0 saturated heterocycles. The van der Waals surface area contributed by atoms with E-state index in [2.05, 4.69) is 34.2 Å². The first-order chi connectivity index (χ1) is 10.5. The van der Waals surface area contributed by atoms with Gasteiger partial charge in [0.15, 0.2) is 5.96 Å². The van der Waals surface area contributed by atoms with Gasteiger partial charge in [-0.05, 0) is 6.42 Å². The van der Waals surface area contributed by atoms with Crippen molar-refractivity contribution in [3.63, 3.8) is 0 Å². The van der Waals surface area contributed by atoms with Crippen LogP contribution in [0.3, 0.4) is 0 Å². The van der Waals surface area contributed by atoms with Crippen molar-refractivity contribution in [2.75, 3.05) is 27.2 Å². The number of carbonyl (C=O) groups excluding carboxylic acids is 1. The lowest BCUT2D eigenvalue weighted by Crippen LogP contribution is -2.43. The van der Waals surface area contributed by atoms with E-state index in [1.54, 1.807) is 24.9 Å². The average molecular weight is 306 g/mol. The van der Waals surface area contributed by atoms with Gasteiger partial charge >= 0.3 is 0 Å². The number of amides is 1. The molecule has 0 aliphatic carbocycles. The van der Waals surface area contributed by atoms with E-state index in [9.17, 15) is 4.79 Å². The van der Waals surface area contributed by atoms with Crippen molar-refractivity contribution >= 4 is 11.9 Å². The molecule has 1 amide bonds. The zero-order chi connectivity index (χ0) is 16.5. The molecule has 1 aromatic rings. The molecule has 2 N–H and O–H groups in total. The van der Waals surface area contributed by atoms with Gasteiger partial charge in [-0.2, -0.15) is 5.10 Å². The van der Waals surface area contributed by atoms with Gasteiger partial charge in [-0.1, -0.05) is 13.0 Å². The number of aliphatic imine (C=N–C) groups is 1. The Hall–Kier alpha value is -2.31. The van der Waals surface area contributed by atoms with Gasteiger partial charge in [-0.3, -0.25) is 9.48 Å². The molecule has 1 rings (SSSR count). The molecule has 1 aromatic heterocycles. The number of likely N-dealkylation sites (N-methyl/N-ethyl adjacent to an activating group) is 1. The molecule has 0 bridgehead atoms. The molecule has 1 heterocycles. The molecular formula is C15H26N6O. The topological polar surface area (TPSA) is 74.5 Å². The Balaban J connectivity index is 2.72. The van der Waals surface area contributed by atoms with Gasteiger partial charge in [0.2, 0.25) is 5.91 Å². The van der Waals surface area contributed by atoms with Crippen LogP contribution >= 0.6 is 0 Å². The number of hydrogen-bond donors (Lipinski definition) is 2. The Labute approximate surface area is 132 Å². The van der Waals surface area contributed by atoms with Crippen LogP contribution in [0, 0.1) is 0 Å². The summed E-state index contributed by atoms with van der Waals surface area (Å²) in [6.07, 6.45) is 4.58. The number of carbonyl (C=O) groups is 1. The molecule has 0 atom stereocenters. The lowest BCUT2D eigenvalue weighted by Gasteiger charge is -2.14. The minimum Gasteiger partial charge on any atom is -0.353 e. The van der Waals surface area contributed by atoms with E-state index < -0.39 is 0 Å². The van der Waals surface area contributed by atoms with Gasteiger partial charge in [-0.15, -0.1) is 6.58 Å². The monoisotopic (exact) mass is 306 g/mol. The molecule has 0 unspecified atom stereocenters. The fraction of sp³-hybridized carbons (Fsp3) is 0.533. The van der Waals surface area contributed by atoms with Crippen LogP contribution in [0.15, 0.2) is 23.8 Å². The highest BCUT2D eigenvalue weighted by atomic mass is 16.2. The normalized spacial score (nSPS) is 11.2. The summed E-state index contributed by atoms with van der Waals surface area (Å²) in [5, 5.41) is 10.5. The summed E-state index contributed by atoms with van der Waals surface area (Å²) in [7, 11) is 5.35. The van der Waals surface area contributed by atoms with Crippen molar-refractivity contribution in [1.29, 1.82) is 0 Å². The minimum absolute atomic E-state index is 0.0104. The largest absolute Gasteiger partial charge is 0.353 e. The molecule has 0 radical (unpaired) electrons. The number of nitrogens with one attached hydrogen (secondary N) is 2. The number of aromatic nitrogens is 2. The number of aryl methyl sites for hydroxylation is 2. The van der Waals surface area contributed by atoms with Crippen LogP contribution in [0.1, 0.15) is 18.2 Å². The minimum atomic E-state index is -0.0104. The van der Waals surface area contributed by atoms with Crippen LogP contribution in [0.2, 0.25) is 0 Å². The maximum absolute atomic E-state index is 11.6. The highest BCUT2D eigenvalue weighted by Crippen LogP contribution is 2.08. The summed E-state index contributed by atoms with van der Waals surface area (Å²) in [4.78, 5) is 17.7. The smallest absolute Gasteiger partial charge is 0.241 e. The Morgan fingerprint density at radius 2 is 2.23 bits per heavy atom. The van der Waals surface area contributed by atoms with Gasteiger partial charge in [0, 0.05) is 39.4 Å². The number of hydrogen-bond acceptors (Lipinski definition) is 3. The first-order valence-electron chi connectivity index (χ1n) is 7.32. The molecule has 0 saturated carbocycles. The molecule has 0 aliphatic heterocycles. The zero-order valence-corrected chi connectivity index (χ0v) is 13.9. The molecule has 122 valence electrons. The lowest BCUT2D eigenvalue weighted by molar-refractivity contribution is -0.127. The highest BCUT2D eigenvalue weighted by Gasteiger charge is 2.07. The summed E-state index contributed by atoms with van der Waals surface area (Å²) in [5.74, 6) is 0.574. The molecule has 0 aromatic carbocycles. The molecule has 0 fully saturated rings. The van der Waals surface area contributed by atoms with Crippen molar-refractivity contribution in [1.82, 2.24) is 25.3 Å². The van der Waals surface area contributed by atoms with Crippen LogP contribution in [-0.2, 0) is 24.8 Å². The summed E-state index contributed by atoms with van der Waals surface area (Å²) >= 11 is 0. The van der Waals surface area contributed by atoms with Crippen molar-refractivity contribution in [3.8, 4) is 0 Å². The first-order valence-corrected chi connectivity index (χ1v) is 7.32. The Kier molecular flexibility index (Phi) is 7.15. The first kappa shape index (κ1) is 17.7. The fourth-order valence-corrected chi connectivity index (χ4v) is 1.84. The number of nitrogens with zero attached hydrogens (tertiary/aromatic N) is 4. The van der Waals surface area contributed by atoms with E-state index >= 15 is 0 Å². The van der Waals surface area contributed by atoms with Crippen LogP contribution in [0.4, 0.5) is 0 Å². The van der Waals surface area contributed by atoms with Crippen LogP contribution in [0.25, 0.3) is 0 Å². The Morgan fingerprint density at radius 1 is 1.50 bits per heavy atom. The molecular weight excluding hydrogens is 280 g/mol. The molecule has 0 spiro atoms. The van der Waals surface area contributed by atoms with Crippen molar-refractivity contribution in [2.45, 2.75) is 19.9 Å². The van der Waals surface area contributed by atoms with Gasteiger partial charge in [0.1, 0.15) is 0 Å². The highest BCUT2D eigenvalue weighted by molar-refractivity contribution is 5.86. The molecule has 7 heteroatoms. The second kappa shape index (κ2) is 8.86. The molecule has 7 nitrogen and oxygen atoms in total. The lowest BCUT2D eigenvalue weighted by atomic mass is 10.2. The van der Waals surface area contributed by atoms with E-state index in [1.807, 2.05) is 13.2 Å². The Bertz CT molecular complexity index is 532. The van der Waals surface area contributed by atoms with Crippen LogP contribution < -0.4 is 10.6 Å². The van der Waals surface area contributed by atoms with E-state index in [-0.39, 0.29) is 12.5 Å². The SMILES string of the molecule is C=CCNC(=NCc1cn(C)nc1CC)NCC(=O)N(C)C. The van der Waals surface area contributed by atoms with Crippen LogP contribution in [0.5, 0.6) is 0 Å². The quantitative estimate of drug-likeness (QED) is 0.431. The van der Waals surface area contributed by atoms with Gasteiger partial charge in [0.25, 0.3) is 0 Å². The number of guanidine groups is 1. The average Bonchev–Trinajstić information content (AvgIpc) is 2.86. The predicted octanol–water partition coefficient (Wildman–Crippen LogP) is 0.292. The van der Waals surface area contributed by atoms with Gasteiger partial charge in [-0.25, -0.2) is 4.99 Å². The Morgan fingerprint density at radius 3 is 2.82 bits per heavy atom. The third kappa shape index (κ3) is 5.59. The van der Waals surface area contributed by atoms with Gasteiger partial charge in [0.05, 0.1) is 18.8 Å². The maximum atomic E-state index is 11.6. The van der Waals surface area contributed by atoms with Crippen molar-refractivity contribution < 1.29 is 4.79 Å². The van der Waals surface area contributed by atoms with Crippen molar-refractivity contribution in [2.24, 2.45) is 12.0 Å². The molecule has 22 heavy (non-hydrogen) atoms. The van der Waals surface area contributed by atoms with E-state index in [0.717, 1.165) is 17.7 Å². The van der Waals surface area contributed by atoms with E-state index in [1.165, 1.54) is 4.90 Å². The third-order valence-electron chi connectivity index (χ3n) is 3.05. The summed E-state index contributed by atoms with van der Waals surface area (Å²) in [6, 6.07) is 0. The summed E-state index contributed by atoms with van der Waals surface area (Å²) in [6.45, 7) is 7.03. The zero-order valence-electron chi connectivity index (χ0n) is 13.9. The summed E-state index contributed by atoms with van der Waals surface area (Å²) in [5.41, 5.74) is 2.13. The van der Waals surface area contributed by atoms with E-state index in [4.69, 9.17) is 0 Å². The summed E-state index contributed by atoms with van der Waals surface area (Å²) < 4.78 is 1.80. The van der Waals surface area contributed by atoms with Crippen molar-refractivity contribution in [3.05, 3.63) is 30.1 Å². The molecule has 0 aliphatic rings.